The monoisotopic (exact) mass is 252 g/mol. The second kappa shape index (κ2) is 9.39. The van der Waals surface area contributed by atoms with Crippen molar-refractivity contribution in [1.82, 2.24) is 0 Å². The van der Waals surface area contributed by atoms with Gasteiger partial charge in [0.05, 0.1) is 13.2 Å². The Morgan fingerprint density at radius 2 is 1.78 bits per heavy atom. The predicted octanol–water partition coefficient (Wildman–Crippen LogP) is 1.84. The Balaban J connectivity index is 0.000000631. The molecule has 0 fully saturated rings. The molecule has 1 atom stereocenters. The number of rotatable bonds is 4. The van der Waals surface area contributed by atoms with Crippen LogP contribution in [0.15, 0.2) is 42.5 Å². The lowest BCUT2D eigenvalue weighted by Crippen LogP contribution is -2.08. The van der Waals surface area contributed by atoms with Crippen LogP contribution in [0.5, 0.6) is 0 Å². The molecule has 1 aromatic carbocycles. The predicted molar refractivity (Wildman–Crippen MR) is 69.9 cm³/mol. The Hall–Kier alpha value is -1.65. The van der Waals surface area contributed by atoms with Crippen molar-refractivity contribution in [3.05, 3.63) is 48.0 Å². The van der Waals surface area contributed by atoms with Gasteiger partial charge in [-0.25, -0.2) is 4.79 Å². The summed E-state index contributed by atoms with van der Waals surface area (Å²) in [5.41, 5.74) is 1.41. The van der Waals surface area contributed by atoms with E-state index in [9.17, 15) is 4.79 Å². The van der Waals surface area contributed by atoms with E-state index >= 15 is 0 Å². The molecule has 0 aliphatic carbocycles. The molecule has 100 valence electrons. The normalized spacial score (nSPS) is 10.9. The zero-order chi connectivity index (χ0) is 14.0. The van der Waals surface area contributed by atoms with Gasteiger partial charge in [-0.15, -0.1) is 0 Å². The second-order valence-electron chi connectivity index (χ2n) is 3.69. The van der Waals surface area contributed by atoms with Crippen LogP contribution in [0.2, 0.25) is 0 Å². The van der Waals surface area contributed by atoms with Crippen LogP contribution in [0.25, 0.3) is 0 Å². The number of aliphatic hydroxyl groups excluding tert-OH is 2. The number of benzene rings is 1. The smallest absolute Gasteiger partial charge is 0.333 e. The Morgan fingerprint density at radius 3 is 2.17 bits per heavy atom. The van der Waals surface area contributed by atoms with Gasteiger partial charge >= 0.3 is 5.97 Å². The van der Waals surface area contributed by atoms with Crippen molar-refractivity contribution in [2.75, 3.05) is 13.2 Å². The fourth-order valence-electron chi connectivity index (χ4n) is 1.05. The quantitative estimate of drug-likeness (QED) is 0.634. The van der Waals surface area contributed by atoms with E-state index in [1.165, 1.54) is 0 Å². The van der Waals surface area contributed by atoms with Crippen LogP contribution in [0.1, 0.15) is 25.5 Å². The van der Waals surface area contributed by atoms with Crippen LogP contribution in [-0.4, -0.2) is 29.4 Å². The first-order chi connectivity index (χ1) is 8.52. The third-order valence-corrected chi connectivity index (χ3v) is 2.00. The Morgan fingerprint density at radius 1 is 1.28 bits per heavy atom. The third kappa shape index (κ3) is 6.83. The molecule has 18 heavy (non-hydrogen) atoms. The van der Waals surface area contributed by atoms with Crippen molar-refractivity contribution in [2.45, 2.75) is 20.0 Å². The first kappa shape index (κ1) is 16.4. The number of ether oxygens (including phenoxy) is 1. The van der Waals surface area contributed by atoms with Gasteiger partial charge in [-0.05, 0) is 19.4 Å². The fourth-order valence-corrected chi connectivity index (χ4v) is 1.05. The van der Waals surface area contributed by atoms with E-state index in [0.29, 0.717) is 5.57 Å². The topological polar surface area (TPSA) is 66.8 Å². The summed E-state index contributed by atoms with van der Waals surface area (Å²) in [6.45, 7) is 6.76. The number of hydrogen-bond donors (Lipinski definition) is 2. The van der Waals surface area contributed by atoms with Crippen molar-refractivity contribution < 1.29 is 19.7 Å². The second-order valence-corrected chi connectivity index (χ2v) is 3.69. The summed E-state index contributed by atoms with van der Waals surface area (Å²) in [5.74, 6) is -0.346. The van der Waals surface area contributed by atoms with Crippen molar-refractivity contribution in [1.29, 1.82) is 0 Å². The summed E-state index contributed by atoms with van der Waals surface area (Å²) in [7, 11) is 0. The van der Waals surface area contributed by atoms with Crippen LogP contribution in [0, 0.1) is 0 Å². The Labute approximate surface area is 108 Å². The van der Waals surface area contributed by atoms with Crippen molar-refractivity contribution in [3.8, 4) is 0 Å². The zero-order valence-corrected chi connectivity index (χ0v) is 10.8. The molecule has 0 saturated heterocycles. The van der Waals surface area contributed by atoms with E-state index < -0.39 is 0 Å². The van der Waals surface area contributed by atoms with Crippen LogP contribution < -0.4 is 0 Å². The molecule has 1 rings (SSSR count). The highest BCUT2D eigenvalue weighted by Crippen LogP contribution is 2.16. The molecule has 4 heteroatoms. The van der Waals surface area contributed by atoms with Gasteiger partial charge in [-0.1, -0.05) is 36.9 Å². The average Bonchev–Trinajstić information content (AvgIpc) is 2.39. The van der Waals surface area contributed by atoms with E-state index in [2.05, 4.69) is 6.58 Å². The Kier molecular flexibility index (Phi) is 8.53. The molecule has 0 amide bonds. The summed E-state index contributed by atoms with van der Waals surface area (Å²) in [6.07, 6.45) is -0.222. The van der Waals surface area contributed by atoms with Gasteiger partial charge in [0.25, 0.3) is 0 Å². The number of carbonyl (C=O) groups is 1. The lowest BCUT2D eigenvalue weighted by Gasteiger charge is -2.13. The van der Waals surface area contributed by atoms with Gasteiger partial charge in [0.1, 0.15) is 6.10 Å². The van der Waals surface area contributed by atoms with E-state index in [-0.39, 0.29) is 25.3 Å². The minimum atomic E-state index is -0.346. The van der Waals surface area contributed by atoms with Crippen molar-refractivity contribution in [3.63, 3.8) is 0 Å². The molecule has 4 nitrogen and oxygen atoms in total. The third-order valence-electron chi connectivity index (χ3n) is 2.00. The average molecular weight is 252 g/mol. The minimum Gasteiger partial charge on any atom is -0.454 e. The maximum absolute atomic E-state index is 11.2. The Bertz CT molecular complexity index is 357. The summed E-state index contributed by atoms with van der Waals surface area (Å²) in [6, 6.07) is 9.62. The van der Waals surface area contributed by atoms with Gasteiger partial charge in [0.15, 0.2) is 0 Å². The first-order valence-corrected chi connectivity index (χ1v) is 5.66. The lowest BCUT2D eigenvalue weighted by molar-refractivity contribution is -0.143. The highest BCUT2D eigenvalue weighted by Gasteiger charge is 2.10. The molecule has 1 aromatic rings. The highest BCUT2D eigenvalue weighted by molar-refractivity contribution is 5.87. The van der Waals surface area contributed by atoms with E-state index in [1.54, 1.807) is 6.92 Å². The molecule has 0 saturated carbocycles. The summed E-state index contributed by atoms with van der Waals surface area (Å²) < 4.78 is 5.16. The first-order valence-electron chi connectivity index (χ1n) is 5.66. The van der Waals surface area contributed by atoms with Gasteiger partial charge in [-0.3, -0.25) is 0 Å². The van der Waals surface area contributed by atoms with Gasteiger partial charge < -0.3 is 14.9 Å². The van der Waals surface area contributed by atoms with Crippen LogP contribution in [-0.2, 0) is 9.53 Å². The molecule has 1 unspecified atom stereocenters. The summed E-state index contributed by atoms with van der Waals surface area (Å²) in [4.78, 5) is 11.2. The van der Waals surface area contributed by atoms with Crippen LogP contribution >= 0.6 is 0 Å². The minimum absolute atomic E-state index is 0.125. The van der Waals surface area contributed by atoms with E-state index in [4.69, 9.17) is 14.9 Å². The highest BCUT2D eigenvalue weighted by atomic mass is 16.5. The zero-order valence-electron chi connectivity index (χ0n) is 10.8. The maximum atomic E-state index is 11.2. The number of esters is 1. The van der Waals surface area contributed by atoms with Gasteiger partial charge in [-0.2, -0.15) is 0 Å². The van der Waals surface area contributed by atoms with Crippen molar-refractivity contribution in [2.24, 2.45) is 0 Å². The lowest BCUT2D eigenvalue weighted by atomic mass is 10.1. The molecule has 2 N–H and O–H groups in total. The van der Waals surface area contributed by atoms with Crippen LogP contribution in [0.4, 0.5) is 0 Å². The van der Waals surface area contributed by atoms with Crippen LogP contribution in [0.3, 0.4) is 0 Å². The molecule has 0 aliphatic rings. The largest absolute Gasteiger partial charge is 0.454 e. The van der Waals surface area contributed by atoms with Gasteiger partial charge in [0, 0.05) is 5.57 Å². The number of aliphatic hydroxyl groups is 2. The fraction of sp³-hybridized carbons (Fsp3) is 0.357. The molecular formula is C14H20O4. The number of hydrogen-bond acceptors (Lipinski definition) is 4. The molecular weight excluding hydrogens is 232 g/mol. The van der Waals surface area contributed by atoms with Gasteiger partial charge in [0.2, 0.25) is 0 Å². The summed E-state index contributed by atoms with van der Waals surface area (Å²) in [5, 5.41) is 15.2. The molecule has 0 radical (unpaired) electrons. The van der Waals surface area contributed by atoms with E-state index in [0.717, 1.165) is 5.56 Å². The SMILES string of the molecule is C=C(C)C(=O)OC(C)c1ccccc1.OCCO. The summed E-state index contributed by atoms with van der Waals surface area (Å²) >= 11 is 0. The molecule has 0 bridgehead atoms. The maximum Gasteiger partial charge on any atom is 0.333 e. The number of carbonyl (C=O) groups excluding carboxylic acids is 1. The molecule has 0 aromatic heterocycles. The van der Waals surface area contributed by atoms with Crippen molar-refractivity contribution >= 4 is 5.97 Å². The standard InChI is InChI=1S/C12H14O2.C2H6O2/c1-9(2)12(13)14-10(3)11-7-5-4-6-8-11;3-1-2-4/h4-8,10H,1H2,2-3H3;3-4H,1-2H2. The molecule has 0 spiro atoms. The molecule has 0 aliphatic heterocycles. The van der Waals surface area contributed by atoms with E-state index in [1.807, 2.05) is 37.3 Å². The molecule has 0 heterocycles.